The summed E-state index contributed by atoms with van der Waals surface area (Å²) in [4.78, 5) is 12.8. The van der Waals surface area contributed by atoms with Gasteiger partial charge in [0.15, 0.2) is 11.5 Å². The molecule has 4 rings (SSSR count). The number of hydrogen-bond donors (Lipinski definition) is 2. The predicted molar refractivity (Wildman–Crippen MR) is 84.5 cm³/mol. The molecule has 0 spiro atoms. The molecule has 0 aromatic heterocycles. The lowest BCUT2D eigenvalue weighted by molar-refractivity contribution is -0.192. The molecule has 4 heteroatoms. The zero-order chi connectivity index (χ0) is 16.6. The number of halogens is 1. The molecule has 130 valence electrons. The van der Waals surface area contributed by atoms with Crippen LogP contribution in [-0.2, 0) is 4.79 Å². The number of rotatable bonds is 0. The Balaban J connectivity index is 1.73. The van der Waals surface area contributed by atoms with Crippen molar-refractivity contribution in [1.82, 2.24) is 0 Å². The Kier molecular flexibility index (Phi) is 3.33. The summed E-state index contributed by atoms with van der Waals surface area (Å²) in [6, 6.07) is 0. The molecule has 0 amide bonds. The van der Waals surface area contributed by atoms with Gasteiger partial charge in [-0.2, -0.15) is 0 Å². The molecule has 0 bridgehead atoms. The van der Waals surface area contributed by atoms with Gasteiger partial charge in [-0.15, -0.1) is 0 Å². The average molecular weight is 324 g/mol. The van der Waals surface area contributed by atoms with E-state index in [1.54, 1.807) is 0 Å². The van der Waals surface area contributed by atoms with E-state index in [9.17, 15) is 15.0 Å². The number of ketones is 1. The topological polar surface area (TPSA) is 57.5 Å². The highest BCUT2D eigenvalue weighted by molar-refractivity contribution is 5.89. The number of Topliss-reactive ketones (excluding diaryl/α,β-unsaturated/α-hetero) is 1. The lowest BCUT2D eigenvalue weighted by atomic mass is 9.44. The number of carbonyl (C=O) groups excluding carboxylic acids is 1. The van der Waals surface area contributed by atoms with Crippen molar-refractivity contribution >= 4 is 5.78 Å². The van der Waals surface area contributed by atoms with Gasteiger partial charge < -0.3 is 10.2 Å². The van der Waals surface area contributed by atoms with E-state index in [4.69, 9.17) is 0 Å². The number of aliphatic hydroxyl groups is 2. The number of fused-ring (bicyclic) bond motifs is 5. The lowest BCUT2D eigenvalue weighted by Gasteiger charge is -2.61. The fourth-order valence-electron chi connectivity index (χ4n) is 6.95. The average Bonchev–Trinajstić information content (AvgIpc) is 2.79. The van der Waals surface area contributed by atoms with Gasteiger partial charge in [0.2, 0.25) is 0 Å². The molecular weight excluding hydrogens is 295 g/mol. The molecule has 3 unspecified atom stereocenters. The zero-order valence-corrected chi connectivity index (χ0v) is 14.2. The molecule has 2 N–H and O–H groups in total. The first-order chi connectivity index (χ1) is 10.7. The number of hydrogen-bond acceptors (Lipinski definition) is 3. The van der Waals surface area contributed by atoms with Crippen molar-refractivity contribution in [3.63, 3.8) is 0 Å². The molecule has 4 aliphatic carbocycles. The maximum absolute atomic E-state index is 15.8. The van der Waals surface area contributed by atoms with E-state index in [0.29, 0.717) is 25.2 Å². The highest BCUT2D eigenvalue weighted by Crippen LogP contribution is 2.67. The third-order valence-electron chi connectivity index (χ3n) is 8.49. The summed E-state index contributed by atoms with van der Waals surface area (Å²) in [5, 5.41) is 20.4. The molecule has 4 saturated carbocycles. The summed E-state index contributed by atoms with van der Waals surface area (Å²) in [5.41, 5.74) is -2.58. The molecule has 0 aromatic carbocycles. The minimum absolute atomic E-state index is 0.0177. The number of alkyl halides is 1. The van der Waals surface area contributed by atoms with Crippen molar-refractivity contribution in [2.24, 2.45) is 28.6 Å². The molecule has 3 nitrogen and oxygen atoms in total. The second-order valence-electron chi connectivity index (χ2n) is 9.26. The molecule has 0 aliphatic heterocycles. The summed E-state index contributed by atoms with van der Waals surface area (Å²) < 4.78 is 15.8. The molecular formula is C19H29FO3. The number of aliphatic hydroxyl groups excluding tert-OH is 2. The van der Waals surface area contributed by atoms with Crippen LogP contribution in [-0.4, -0.2) is 33.9 Å². The van der Waals surface area contributed by atoms with Gasteiger partial charge in [-0.25, -0.2) is 4.39 Å². The molecule has 4 aliphatic rings. The van der Waals surface area contributed by atoms with Gasteiger partial charge in [0.25, 0.3) is 0 Å². The third kappa shape index (κ3) is 1.85. The molecule has 0 radical (unpaired) electrons. The Morgan fingerprint density at radius 3 is 2.52 bits per heavy atom. The van der Waals surface area contributed by atoms with Gasteiger partial charge in [-0.3, -0.25) is 4.79 Å². The minimum atomic E-state index is -1.85. The van der Waals surface area contributed by atoms with Crippen LogP contribution in [0.3, 0.4) is 0 Å². The summed E-state index contributed by atoms with van der Waals surface area (Å²) in [7, 11) is 0. The van der Waals surface area contributed by atoms with Crippen molar-refractivity contribution < 1.29 is 19.4 Å². The van der Waals surface area contributed by atoms with Gasteiger partial charge >= 0.3 is 0 Å². The van der Waals surface area contributed by atoms with E-state index in [1.807, 2.05) is 6.92 Å². The molecule has 23 heavy (non-hydrogen) atoms. The first-order valence-electron chi connectivity index (χ1n) is 9.31. The summed E-state index contributed by atoms with van der Waals surface area (Å²) in [6.45, 7) is 4.13. The Bertz CT molecular complexity index is 537. The summed E-state index contributed by atoms with van der Waals surface area (Å²) in [6.07, 6.45) is 4.14. The van der Waals surface area contributed by atoms with Crippen LogP contribution in [0.2, 0.25) is 0 Å². The third-order valence-corrected chi connectivity index (χ3v) is 8.49. The Labute approximate surface area is 137 Å². The first-order valence-corrected chi connectivity index (χ1v) is 9.31. The van der Waals surface area contributed by atoms with Crippen molar-refractivity contribution in [1.29, 1.82) is 0 Å². The minimum Gasteiger partial charge on any atom is -0.393 e. The summed E-state index contributed by atoms with van der Waals surface area (Å²) in [5.74, 6) is 0.475. The predicted octanol–water partition coefficient (Wildman–Crippen LogP) is 3.02. The van der Waals surface area contributed by atoms with Crippen LogP contribution in [0.15, 0.2) is 0 Å². The van der Waals surface area contributed by atoms with Gasteiger partial charge in [0.1, 0.15) is 0 Å². The van der Waals surface area contributed by atoms with Gasteiger partial charge in [-0.1, -0.05) is 13.8 Å². The fraction of sp³-hybridized carbons (Fsp3) is 0.947. The summed E-state index contributed by atoms with van der Waals surface area (Å²) >= 11 is 0. The molecule has 8 atom stereocenters. The van der Waals surface area contributed by atoms with Crippen molar-refractivity contribution in [2.45, 2.75) is 83.1 Å². The Morgan fingerprint density at radius 1 is 1.04 bits per heavy atom. The largest absolute Gasteiger partial charge is 0.393 e. The standard InChI is InChI=1S/C19H29FO3/c1-17-7-6-14-12(13(17)3-4-15(17)22)9-16(23)19(20)10-11(21)5-8-18(14,19)2/h11-15,21-22H,3-10H2,1-2H3/t11?,12-,13-,14+,15?,17-,18+,19?/m0/s1. The monoisotopic (exact) mass is 324 g/mol. The zero-order valence-electron chi connectivity index (χ0n) is 14.2. The smallest absolute Gasteiger partial charge is 0.176 e. The highest BCUT2D eigenvalue weighted by atomic mass is 19.1. The SMILES string of the molecule is C[C@]12CC[C@@H]3[C@@H](CC(=O)C4(F)CC(O)CC[C@]34C)[C@@H]1CCC2O. The van der Waals surface area contributed by atoms with E-state index in [0.717, 1.165) is 25.7 Å². The first kappa shape index (κ1) is 16.0. The van der Waals surface area contributed by atoms with Gasteiger partial charge in [0, 0.05) is 18.3 Å². The van der Waals surface area contributed by atoms with Crippen LogP contribution in [0, 0.1) is 28.6 Å². The second-order valence-corrected chi connectivity index (χ2v) is 9.26. The van der Waals surface area contributed by atoms with E-state index in [1.165, 1.54) is 0 Å². The molecule has 0 aromatic rings. The van der Waals surface area contributed by atoms with E-state index in [2.05, 4.69) is 6.92 Å². The van der Waals surface area contributed by atoms with Crippen LogP contribution in [0.1, 0.15) is 65.2 Å². The van der Waals surface area contributed by atoms with Crippen LogP contribution >= 0.6 is 0 Å². The van der Waals surface area contributed by atoms with Crippen LogP contribution < -0.4 is 0 Å². The maximum atomic E-state index is 15.8. The van der Waals surface area contributed by atoms with Crippen LogP contribution in [0.5, 0.6) is 0 Å². The lowest BCUT2D eigenvalue weighted by Crippen LogP contribution is -2.65. The second kappa shape index (κ2) is 4.78. The highest BCUT2D eigenvalue weighted by Gasteiger charge is 2.68. The van der Waals surface area contributed by atoms with Gasteiger partial charge in [-0.05, 0) is 61.7 Å². The molecule has 0 heterocycles. The van der Waals surface area contributed by atoms with E-state index >= 15 is 4.39 Å². The van der Waals surface area contributed by atoms with Crippen molar-refractivity contribution in [3.8, 4) is 0 Å². The Hall–Kier alpha value is -0.480. The van der Waals surface area contributed by atoms with E-state index < -0.39 is 17.2 Å². The van der Waals surface area contributed by atoms with Crippen LogP contribution in [0.25, 0.3) is 0 Å². The Morgan fingerprint density at radius 2 is 1.78 bits per heavy atom. The normalized spacial score (nSPS) is 59.2. The quantitative estimate of drug-likeness (QED) is 0.720. The van der Waals surface area contributed by atoms with Gasteiger partial charge in [0.05, 0.1) is 12.2 Å². The van der Waals surface area contributed by atoms with Crippen LogP contribution in [0.4, 0.5) is 4.39 Å². The van der Waals surface area contributed by atoms with Crippen molar-refractivity contribution in [3.05, 3.63) is 0 Å². The fourth-order valence-corrected chi connectivity index (χ4v) is 6.95. The molecule has 4 fully saturated rings. The van der Waals surface area contributed by atoms with Crippen molar-refractivity contribution in [2.75, 3.05) is 0 Å². The molecule has 0 saturated heterocycles. The number of carbonyl (C=O) groups is 1. The van der Waals surface area contributed by atoms with E-state index in [-0.39, 0.29) is 35.6 Å². The maximum Gasteiger partial charge on any atom is 0.176 e.